The maximum atomic E-state index is 13.4. The largest absolute Gasteiger partial charge is 0.321 e. The summed E-state index contributed by atoms with van der Waals surface area (Å²) in [5, 5.41) is 13.8. The standard InChI is InChI=1S/C37H26Cl2N4O3S2/c38-30-11-6-12-31(39)29(30)20-32(41-35(45)24-8-2-1-3-9-24)36(46)40-27-15-17-28(18-16-27)47-22-34(44)43-37-42-33(21-48-37)26-14-13-23-7-4-5-10-25(23)19-26/h1-21H,22H2,(H,40,46)(H,41,45)(H,42,43,44)/b32-20-. The van der Waals surface area contributed by atoms with E-state index in [4.69, 9.17) is 23.2 Å². The Balaban J connectivity index is 1.07. The van der Waals surface area contributed by atoms with E-state index in [-0.39, 0.29) is 17.4 Å². The van der Waals surface area contributed by atoms with Crippen LogP contribution in [-0.4, -0.2) is 28.5 Å². The van der Waals surface area contributed by atoms with Crippen LogP contribution in [0.4, 0.5) is 10.8 Å². The number of thiazole rings is 1. The fourth-order valence-corrected chi connectivity index (χ4v) is 6.63. The molecule has 0 saturated heterocycles. The number of fused-ring (bicyclic) bond motifs is 1. The topological polar surface area (TPSA) is 100 Å². The van der Waals surface area contributed by atoms with E-state index in [9.17, 15) is 14.4 Å². The molecule has 238 valence electrons. The lowest BCUT2D eigenvalue weighted by molar-refractivity contribution is -0.114. The number of benzene rings is 5. The Morgan fingerprint density at radius 3 is 2.23 bits per heavy atom. The Morgan fingerprint density at radius 1 is 0.771 bits per heavy atom. The highest BCUT2D eigenvalue weighted by Gasteiger charge is 2.17. The normalized spacial score (nSPS) is 11.2. The van der Waals surface area contributed by atoms with Crippen molar-refractivity contribution < 1.29 is 14.4 Å². The molecule has 7 nitrogen and oxygen atoms in total. The number of hydrogen-bond acceptors (Lipinski definition) is 6. The van der Waals surface area contributed by atoms with Crippen LogP contribution < -0.4 is 16.0 Å². The third kappa shape index (κ3) is 8.31. The Kier molecular flexibility index (Phi) is 10.5. The molecule has 0 atom stereocenters. The summed E-state index contributed by atoms with van der Waals surface area (Å²) in [6.07, 6.45) is 1.44. The Labute approximate surface area is 295 Å². The second-order valence-electron chi connectivity index (χ2n) is 10.4. The van der Waals surface area contributed by atoms with Crippen LogP contribution in [0.25, 0.3) is 28.1 Å². The smallest absolute Gasteiger partial charge is 0.272 e. The summed E-state index contributed by atoms with van der Waals surface area (Å²) >= 11 is 15.4. The molecule has 3 N–H and O–H groups in total. The van der Waals surface area contributed by atoms with Crippen LogP contribution in [0.3, 0.4) is 0 Å². The lowest BCUT2D eigenvalue weighted by Gasteiger charge is -2.13. The Bertz CT molecular complexity index is 2130. The molecule has 0 radical (unpaired) electrons. The van der Waals surface area contributed by atoms with Gasteiger partial charge in [-0.05, 0) is 71.4 Å². The first-order valence-electron chi connectivity index (χ1n) is 14.6. The summed E-state index contributed by atoms with van der Waals surface area (Å²) in [6.45, 7) is 0. The van der Waals surface area contributed by atoms with Crippen LogP contribution in [0, 0.1) is 0 Å². The molecule has 5 aromatic carbocycles. The Morgan fingerprint density at radius 2 is 1.48 bits per heavy atom. The zero-order chi connectivity index (χ0) is 33.5. The summed E-state index contributed by atoms with van der Waals surface area (Å²) in [5.74, 6) is -1.04. The maximum Gasteiger partial charge on any atom is 0.272 e. The summed E-state index contributed by atoms with van der Waals surface area (Å²) < 4.78 is 0. The van der Waals surface area contributed by atoms with Gasteiger partial charge in [-0.25, -0.2) is 4.98 Å². The fraction of sp³-hybridized carbons (Fsp3) is 0.0270. The van der Waals surface area contributed by atoms with Crippen molar-refractivity contribution >= 4 is 91.7 Å². The van der Waals surface area contributed by atoms with E-state index in [0.717, 1.165) is 26.9 Å². The molecule has 0 aliphatic heterocycles. The highest BCUT2D eigenvalue weighted by molar-refractivity contribution is 8.00. The molecule has 1 heterocycles. The van der Waals surface area contributed by atoms with Crippen molar-refractivity contribution in [1.29, 1.82) is 0 Å². The molecule has 0 unspecified atom stereocenters. The molecule has 0 aliphatic carbocycles. The zero-order valence-electron chi connectivity index (χ0n) is 25.1. The van der Waals surface area contributed by atoms with E-state index in [2.05, 4.69) is 45.2 Å². The molecule has 1 aromatic heterocycles. The van der Waals surface area contributed by atoms with Gasteiger partial charge < -0.3 is 16.0 Å². The molecule has 11 heteroatoms. The highest BCUT2D eigenvalue weighted by atomic mass is 35.5. The van der Waals surface area contributed by atoms with Gasteiger partial charge >= 0.3 is 0 Å². The summed E-state index contributed by atoms with van der Waals surface area (Å²) in [5.41, 5.74) is 3.02. The first-order chi connectivity index (χ1) is 23.3. The Hall–Kier alpha value is -4.93. The minimum Gasteiger partial charge on any atom is -0.321 e. The van der Waals surface area contributed by atoms with Crippen LogP contribution in [0.15, 0.2) is 131 Å². The molecule has 0 fully saturated rings. The van der Waals surface area contributed by atoms with Crippen molar-refractivity contribution in [1.82, 2.24) is 10.3 Å². The van der Waals surface area contributed by atoms with E-state index in [1.807, 2.05) is 23.6 Å². The number of halogens is 2. The van der Waals surface area contributed by atoms with E-state index >= 15 is 0 Å². The van der Waals surface area contributed by atoms with Crippen LogP contribution in [0.2, 0.25) is 10.0 Å². The molecule has 6 rings (SSSR count). The summed E-state index contributed by atoms with van der Waals surface area (Å²) in [7, 11) is 0. The van der Waals surface area contributed by atoms with Crippen molar-refractivity contribution in [2.45, 2.75) is 4.90 Å². The van der Waals surface area contributed by atoms with E-state index < -0.39 is 11.8 Å². The quantitative estimate of drug-likeness (QED) is 0.0973. The van der Waals surface area contributed by atoms with Crippen molar-refractivity contribution in [2.75, 3.05) is 16.4 Å². The lowest BCUT2D eigenvalue weighted by atomic mass is 10.1. The molecular formula is C37H26Cl2N4O3S2. The summed E-state index contributed by atoms with van der Waals surface area (Å²) in [4.78, 5) is 44.4. The molecule has 0 spiro atoms. The average Bonchev–Trinajstić information content (AvgIpc) is 3.57. The molecule has 0 bridgehead atoms. The predicted octanol–water partition coefficient (Wildman–Crippen LogP) is 9.41. The molecule has 48 heavy (non-hydrogen) atoms. The first-order valence-corrected chi connectivity index (χ1v) is 17.3. The van der Waals surface area contributed by atoms with Gasteiger partial charge in [0.15, 0.2) is 5.13 Å². The van der Waals surface area contributed by atoms with Crippen LogP contribution in [0.5, 0.6) is 0 Å². The number of carbonyl (C=O) groups is 3. The number of anilines is 2. The molecule has 0 saturated carbocycles. The van der Waals surface area contributed by atoms with Gasteiger partial charge in [-0.15, -0.1) is 23.1 Å². The number of rotatable bonds is 10. The van der Waals surface area contributed by atoms with Crippen LogP contribution in [-0.2, 0) is 9.59 Å². The third-order valence-electron chi connectivity index (χ3n) is 7.10. The van der Waals surface area contributed by atoms with Crippen molar-refractivity contribution in [2.24, 2.45) is 0 Å². The van der Waals surface area contributed by atoms with Gasteiger partial charge in [-0.1, -0.05) is 83.9 Å². The van der Waals surface area contributed by atoms with Gasteiger partial charge in [0.25, 0.3) is 11.8 Å². The fourth-order valence-electron chi connectivity index (χ4n) is 4.68. The summed E-state index contributed by atoms with van der Waals surface area (Å²) in [6, 6.07) is 34.9. The molecular weight excluding hydrogens is 683 g/mol. The predicted molar refractivity (Wildman–Crippen MR) is 198 cm³/mol. The third-order valence-corrected chi connectivity index (χ3v) is 9.52. The van der Waals surface area contributed by atoms with Crippen LogP contribution >= 0.6 is 46.3 Å². The molecule has 6 aromatic rings. The SMILES string of the molecule is O=C(CSc1ccc(NC(=O)/C(=C/c2c(Cl)cccc2Cl)NC(=O)c2ccccc2)cc1)Nc1nc(-c2ccc3ccccc3c2)cs1. The van der Waals surface area contributed by atoms with Crippen molar-refractivity contribution in [3.8, 4) is 11.3 Å². The second-order valence-corrected chi connectivity index (χ2v) is 13.1. The number of nitrogens with one attached hydrogen (secondary N) is 3. The monoisotopic (exact) mass is 708 g/mol. The maximum absolute atomic E-state index is 13.4. The minimum absolute atomic E-state index is 0.0417. The number of aromatic nitrogens is 1. The second kappa shape index (κ2) is 15.3. The van der Waals surface area contributed by atoms with Crippen LogP contribution in [0.1, 0.15) is 15.9 Å². The molecule has 3 amide bonds. The van der Waals surface area contributed by atoms with Gasteiger partial charge in [0.1, 0.15) is 5.70 Å². The van der Waals surface area contributed by atoms with Crippen molar-refractivity contribution in [3.63, 3.8) is 0 Å². The number of carbonyl (C=O) groups excluding carboxylic acids is 3. The average molecular weight is 710 g/mol. The molecule has 0 aliphatic rings. The number of nitrogens with zero attached hydrogens (tertiary/aromatic N) is 1. The number of hydrogen-bond donors (Lipinski definition) is 3. The van der Waals surface area contributed by atoms with E-state index in [0.29, 0.717) is 32.0 Å². The first kappa shape index (κ1) is 33.0. The lowest BCUT2D eigenvalue weighted by Crippen LogP contribution is -2.30. The minimum atomic E-state index is -0.568. The van der Waals surface area contributed by atoms with Gasteiger partial charge in [0.05, 0.1) is 11.4 Å². The van der Waals surface area contributed by atoms with E-state index in [1.165, 1.54) is 29.2 Å². The highest BCUT2D eigenvalue weighted by Crippen LogP contribution is 2.29. The van der Waals surface area contributed by atoms with Gasteiger partial charge in [0, 0.05) is 42.7 Å². The van der Waals surface area contributed by atoms with E-state index in [1.54, 1.807) is 72.8 Å². The number of amides is 3. The van der Waals surface area contributed by atoms with Gasteiger partial charge in [-0.2, -0.15) is 0 Å². The number of thioether (sulfide) groups is 1. The van der Waals surface area contributed by atoms with Gasteiger partial charge in [-0.3, -0.25) is 14.4 Å². The van der Waals surface area contributed by atoms with Crippen molar-refractivity contribution in [3.05, 3.63) is 148 Å². The zero-order valence-corrected chi connectivity index (χ0v) is 28.2. The van der Waals surface area contributed by atoms with Gasteiger partial charge in [0.2, 0.25) is 5.91 Å².